The quantitative estimate of drug-likeness (QED) is 0.845. The third kappa shape index (κ3) is 3.36. The lowest BCUT2D eigenvalue weighted by atomic mass is 9.72. The highest BCUT2D eigenvalue weighted by atomic mass is 16.2. The summed E-state index contributed by atoms with van der Waals surface area (Å²) >= 11 is 0. The van der Waals surface area contributed by atoms with E-state index in [9.17, 15) is 4.79 Å². The minimum absolute atomic E-state index is 0.144. The van der Waals surface area contributed by atoms with Crippen LogP contribution in [0.4, 0.5) is 0 Å². The Morgan fingerprint density at radius 1 is 1.00 bits per heavy atom. The Balaban J connectivity index is 1.96. The summed E-state index contributed by atoms with van der Waals surface area (Å²) in [6.45, 7) is 6.76. The number of carbonyl (C=O) groups excluding carboxylic acids is 1. The summed E-state index contributed by atoms with van der Waals surface area (Å²) in [5.41, 5.74) is 6.19. The monoisotopic (exact) mass is 280 g/mol. The van der Waals surface area contributed by atoms with Gasteiger partial charge in [-0.25, -0.2) is 0 Å². The predicted octanol–water partition coefficient (Wildman–Crippen LogP) is 3.03. The second-order valence-corrected chi connectivity index (χ2v) is 7.56. The third-order valence-electron chi connectivity index (χ3n) is 5.89. The number of carbonyl (C=O) groups is 1. The topological polar surface area (TPSA) is 46.3 Å². The third-order valence-corrected chi connectivity index (χ3v) is 5.89. The van der Waals surface area contributed by atoms with E-state index >= 15 is 0 Å². The molecule has 0 aromatic rings. The number of hydrogen-bond acceptors (Lipinski definition) is 2. The van der Waals surface area contributed by atoms with Gasteiger partial charge in [0.2, 0.25) is 5.91 Å². The highest BCUT2D eigenvalue weighted by molar-refractivity contribution is 5.79. The van der Waals surface area contributed by atoms with Gasteiger partial charge in [0.05, 0.1) is 0 Å². The molecule has 0 saturated heterocycles. The Morgan fingerprint density at radius 2 is 1.60 bits per heavy atom. The minimum Gasteiger partial charge on any atom is -0.343 e. The molecule has 0 aromatic heterocycles. The maximum Gasteiger partial charge on any atom is 0.225 e. The van der Waals surface area contributed by atoms with Gasteiger partial charge in [0.25, 0.3) is 0 Å². The van der Waals surface area contributed by atoms with E-state index in [0.29, 0.717) is 23.8 Å². The molecule has 2 aliphatic rings. The number of hydrogen-bond donors (Lipinski definition) is 1. The zero-order valence-corrected chi connectivity index (χ0v) is 13.6. The number of nitrogens with zero attached hydrogens (tertiary/aromatic N) is 1. The van der Waals surface area contributed by atoms with Crippen LogP contribution in [0.1, 0.15) is 59.3 Å². The zero-order valence-electron chi connectivity index (χ0n) is 13.6. The number of rotatable bonds is 2. The maximum absolute atomic E-state index is 12.8. The van der Waals surface area contributed by atoms with Crippen molar-refractivity contribution in [2.24, 2.45) is 29.4 Å². The number of amides is 1. The van der Waals surface area contributed by atoms with E-state index in [-0.39, 0.29) is 12.0 Å². The molecule has 3 nitrogen and oxygen atoms in total. The van der Waals surface area contributed by atoms with Crippen molar-refractivity contribution in [3.63, 3.8) is 0 Å². The molecular formula is C17H32N2O. The van der Waals surface area contributed by atoms with E-state index in [0.717, 1.165) is 18.8 Å². The fourth-order valence-electron chi connectivity index (χ4n) is 4.10. The average Bonchev–Trinajstić information content (AvgIpc) is 2.42. The molecule has 0 aromatic carbocycles. The summed E-state index contributed by atoms with van der Waals surface area (Å²) in [5.74, 6) is 2.35. The van der Waals surface area contributed by atoms with Gasteiger partial charge in [0, 0.05) is 25.0 Å². The first-order chi connectivity index (χ1) is 9.40. The van der Waals surface area contributed by atoms with Gasteiger partial charge in [0.1, 0.15) is 0 Å². The SMILES string of the molecule is CC1CCC(N(C)C(=O)C2CC(N)C(C)CC2C)CC1. The molecule has 116 valence electrons. The fraction of sp³-hybridized carbons (Fsp3) is 0.941. The molecule has 0 spiro atoms. The van der Waals surface area contributed by atoms with Crippen molar-refractivity contribution in [1.29, 1.82) is 0 Å². The standard InChI is InChI=1S/C17H32N2O/c1-11-5-7-14(8-6-11)19(4)17(20)15-10-16(18)13(3)9-12(15)2/h11-16H,5-10,18H2,1-4H3. The van der Waals surface area contributed by atoms with Gasteiger partial charge < -0.3 is 10.6 Å². The molecule has 2 fully saturated rings. The molecule has 0 aliphatic heterocycles. The molecule has 4 unspecified atom stereocenters. The van der Waals surface area contributed by atoms with Gasteiger partial charge in [-0.15, -0.1) is 0 Å². The highest BCUT2D eigenvalue weighted by Gasteiger charge is 2.38. The van der Waals surface area contributed by atoms with Crippen LogP contribution in [0.3, 0.4) is 0 Å². The summed E-state index contributed by atoms with van der Waals surface area (Å²) in [7, 11) is 2.01. The molecule has 1 amide bonds. The lowest BCUT2D eigenvalue weighted by Crippen LogP contribution is -2.48. The largest absolute Gasteiger partial charge is 0.343 e. The van der Waals surface area contributed by atoms with Crippen LogP contribution in [0, 0.1) is 23.7 Å². The molecule has 2 saturated carbocycles. The van der Waals surface area contributed by atoms with Crippen LogP contribution in [-0.2, 0) is 4.79 Å². The summed E-state index contributed by atoms with van der Waals surface area (Å²) in [5, 5.41) is 0. The van der Waals surface area contributed by atoms with E-state index in [1.165, 1.54) is 25.7 Å². The van der Waals surface area contributed by atoms with Gasteiger partial charge >= 0.3 is 0 Å². The molecule has 0 heterocycles. The first-order valence-electron chi connectivity index (χ1n) is 8.42. The molecule has 4 atom stereocenters. The molecular weight excluding hydrogens is 248 g/mol. The lowest BCUT2D eigenvalue weighted by Gasteiger charge is -2.41. The number of nitrogens with two attached hydrogens (primary N) is 1. The predicted molar refractivity (Wildman–Crippen MR) is 83.2 cm³/mol. The summed E-state index contributed by atoms with van der Waals surface area (Å²) in [6, 6.07) is 0.654. The van der Waals surface area contributed by atoms with Crippen molar-refractivity contribution in [1.82, 2.24) is 4.90 Å². The van der Waals surface area contributed by atoms with Gasteiger partial charge in [-0.2, -0.15) is 0 Å². The van der Waals surface area contributed by atoms with E-state index in [4.69, 9.17) is 5.73 Å². The average molecular weight is 280 g/mol. The molecule has 0 bridgehead atoms. The van der Waals surface area contributed by atoms with Crippen molar-refractivity contribution in [3.05, 3.63) is 0 Å². The van der Waals surface area contributed by atoms with E-state index in [1.54, 1.807) is 0 Å². The smallest absolute Gasteiger partial charge is 0.225 e. The van der Waals surface area contributed by atoms with Crippen molar-refractivity contribution in [2.45, 2.75) is 71.4 Å². The molecule has 2 aliphatic carbocycles. The first-order valence-corrected chi connectivity index (χ1v) is 8.42. The second-order valence-electron chi connectivity index (χ2n) is 7.56. The summed E-state index contributed by atoms with van der Waals surface area (Å²) < 4.78 is 0. The van der Waals surface area contributed by atoms with Crippen LogP contribution < -0.4 is 5.73 Å². The van der Waals surface area contributed by atoms with Crippen molar-refractivity contribution in [2.75, 3.05) is 7.05 Å². The van der Waals surface area contributed by atoms with Gasteiger partial charge in [-0.3, -0.25) is 4.79 Å². The fourth-order valence-corrected chi connectivity index (χ4v) is 4.10. The lowest BCUT2D eigenvalue weighted by molar-refractivity contribution is -0.140. The van der Waals surface area contributed by atoms with Crippen molar-refractivity contribution in [3.8, 4) is 0 Å². The highest BCUT2D eigenvalue weighted by Crippen LogP contribution is 2.35. The summed E-state index contributed by atoms with van der Waals surface area (Å²) in [6.07, 6.45) is 6.83. The molecule has 2 N–H and O–H groups in total. The Morgan fingerprint density at radius 3 is 2.20 bits per heavy atom. The first kappa shape index (κ1) is 15.8. The van der Waals surface area contributed by atoms with Crippen LogP contribution in [0.5, 0.6) is 0 Å². The van der Waals surface area contributed by atoms with Crippen LogP contribution >= 0.6 is 0 Å². The van der Waals surface area contributed by atoms with Crippen molar-refractivity contribution < 1.29 is 4.79 Å². The summed E-state index contributed by atoms with van der Waals surface area (Å²) in [4.78, 5) is 14.9. The molecule has 20 heavy (non-hydrogen) atoms. The van der Waals surface area contributed by atoms with Crippen LogP contribution in [0.2, 0.25) is 0 Å². The van der Waals surface area contributed by atoms with Gasteiger partial charge in [-0.05, 0) is 56.3 Å². The second kappa shape index (κ2) is 6.46. The van der Waals surface area contributed by atoms with Gasteiger partial charge in [0.15, 0.2) is 0 Å². The maximum atomic E-state index is 12.8. The van der Waals surface area contributed by atoms with E-state index < -0.39 is 0 Å². The van der Waals surface area contributed by atoms with Crippen LogP contribution in [0.15, 0.2) is 0 Å². The Labute approximate surface area is 124 Å². The Hall–Kier alpha value is -0.570. The van der Waals surface area contributed by atoms with Crippen LogP contribution in [-0.4, -0.2) is 29.9 Å². The Kier molecular flexibility index (Phi) is 5.11. The molecule has 0 radical (unpaired) electrons. The van der Waals surface area contributed by atoms with Gasteiger partial charge in [-0.1, -0.05) is 20.8 Å². The zero-order chi connectivity index (χ0) is 14.9. The van der Waals surface area contributed by atoms with E-state index in [1.807, 2.05) is 7.05 Å². The molecule has 3 heteroatoms. The van der Waals surface area contributed by atoms with E-state index in [2.05, 4.69) is 25.7 Å². The minimum atomic E-state index is 0.144. The molecule has 2 rings (SSSR count). The van der Waals surface area contributed by atoms with Crippen molar-refractivity contribution >= 4 is 5.91 Å². The normalized spacial score (nSPS) is 42.2. The Bertz CT molecular complexity index is 336. The van der Waals surface area contributed by atoms with Crippen LogP contribution in [0.25, 0.3) is 0 Å².